The van der Waals surface area contributed by atoms with Gasteiger partial charge in [0.1, 0.15) is 0 Å². The normalized spacial score (nSPS) is 16.6. The van der Waals surface area contributed by atoms with Gasteiger partial charge in [0, 0.05) is 19.8 Å². The second-order valence-electron chi connectivity index (χ2n) is 5.05. The summed E-state index contributed by atoms with van der Waals surface area (Å²) in [5.74, 6) is -0.439. The molecule has 3 heteroatoms. The average molecular weight is 233 g/mol. The van der Waals surface area contributed by atoms with Gasteiger partial charge in [-0.1, -0.05) is 12.1 Å². The van der Waals surface area contributed by atoms with Crippen molar-refractivity contribution in [3.8, 4) is 0 Å². The van der Waals surface area contributed by atoms with Gasteiger partial charge < -0.3 is 10.0 Å². The molecule has 0 bridgehead atoms. The largest absolute Gasteiger partial charge is 0.481 e. The maximum Gasteiger partial charge on any atom is 0.307 e. The first-order chi connectivity index (χ1) is 8.08. The van der Waals surface area contributed by atoms with Crippen LogP contribution in [0.15, 0.2) is 24.3 Å². The van der Waals surface area contributed by atoms with Gasteiger partial charge in [-0.2, -0.15) is 0 Å². The van der Waals surface area contributed by atoms with E-state index in [-0.39, 0.29) is 5.92 Å². The first-order valence-corrected chi connectivity index (χ1v) is 6.07. The Morgan fingerprint density at radius 3 is 2.35 bits per heavy atom. The number of carboxylic acid groups (broad SMARTS) is 1. The lowest BCUT2D eigenvalue weighted by Gasteiger charge is -2.14. The number of hydrogen-bond acceptors (Lipinski definition) is 2. The number of hydrogen-bond donors (Lipinski definition) is 1. The third-order valence-corrected chi connectivity index (χ3v) is 3.42. The maximum atomic E-state index is 11.2. The van der Waals surface area contributed by atoms with E-state index in [1.54, 1.807) is 0 Å². The van der Waals surface area contributed by atoms with Crippen LogP contribution in [0, 0.1) is 11.8 Å². The zero-order valence-corrected chi connectivity index (χ0v) is 10.4. The fraction of sp³-hybridized carbons (Fsp3) is 0.500. The lowest BCUT2D eigenvalue weighted by Crippen LogP contribution is -2.18. The van der Waals surface area contributed by atoms with Crippen LogP contribution >= 0.6 is 0 Å². The van der Waals surface area contributed by atoms with E-state index < -0.39 is 5.97 Å². The lowest BCUT2D eigenvalue weighted by atomic mass is 9.95. The molecule has 92 valence electrons. The lowest BCUT2D eigenvalue weighted by molar-refractivity contribution is -0.142. The molecule has 0 radical (unpaired) electrons. The van der Waals surface area contributed by atoms with Crippen LogP contribution in [0.3, 0.4) is 0 Å². The Labute approximate surface area is 102 Å². The van der Waals surface area contributed by atoms with Gasteiger partial charge in [-0.3, -0.25) is 4.79 Å². The Morgan fingerprint density at radius 1 is 1.35 bits per heavy atom. The zero-order valence-electron chi connectivity index (χ0n) is 10.4. The third kappa shape index (κ3) is 2.99. The fourth-order valence-electron chi connectivity index (χ4n) is 2.14. The van der Waals surface area contributed by atoms with Crippen LogP contribution in [0.5, 0.6) is 0 Å². The van der Waals surface area contributed by atoms with Gasteiger partial charge in [0.25, 0.3) is 0 Å². The number of carbonyl (C=O) groups is 1. The molecule has 1 aromatic rings. The van der Waals surface area contributed by atoms with E-state index in [0.29, 0.717) is 12.3 Å². The van der Waals surface area contributed by atoms with E-state index in [0.717, 1.165) is 24.1 Å². The first kappa shape index (κ1) is 12.0. The highest BCUT2D eigenvalue weighted by Gasteiger charge is 2.35. The van der Waals surface area contributed by atoms with Crippen molar-refractivity contribution in [2.45, 2.75) is 19.3 Å². The predicted octanol–water partition coefficient (Wildman–Crippen LogP) is 2.41. The van der Waals surface area contributed by atoms with E-state index in [1.807, 2.05) is 43.3 Å². The van der Waals surface area contributed by atoms with Gasteiger partial charge in [0.05, 0.1) is 5.92 Å². The zero-order chi connectivity index (χ0) is 12.4. The monoisotopic (exact) mass is 233 g/mol. The van der Waals surface area contributed by atoms with E-state index >= 15 is 0 Å². The van der Waals surface area contributed by atoms with Crippen molar-refractivity contribution in [1.82, 2.24) is 0 Å². The summed E-state index contributed by atoms with van der Waals surface area (Å²) >= 11 is 0. The van der Waals surface area contributed by atoms with Crippen LogP contribution in [-0.4, -0.2) is 25.2 Å². The number of benzene rings is 1. The molecule has 17 heavy (non-hydrogen) atoms. The molecule has 0 aromatic heterocycles. The molecule has 0 saturated heterocycles. The smallest absolute Gasteiger partial charge is 0.307 e. The topological polar surface area (TPSA) is 40.5 Å². The number of aliphatic carboxylic acids is 1. The Balaban J connectivity index is 2.04. The van der Waals surface area contributed by atoms with Crippen LogP contribution in [0.4, 0.5) is 5.69 Å². The molecule has 1 aliphatic rings. The summed E-state index contributed by atoms with van der Waals surface area (Å²) in [6.45, 7) is 0. The number of anilines is 1. The summed E-state index contributed by atoms with van der Waals surface area (Å²) in [5.41, 5.74) is 2.27. The van der Waals surface area contributed by atoms with Crippen LogP contribution in [-0.2, 0) is 11.2 Å². The fourth-order valence-corrected chi connectivity index (χ4v) is 2.14. The molecule has 0 spiro atoms. The summed E-state index contributed by atoms with van der Waals surface area (Å²) in [7, 11) is 4.00. The molecule has 1 saturated carbocycles. The van der Waals surface area contributed by atoms with Crippen molar-refractivity contribution in [3.63, 3.8) is 0 Å². The molecular formula is C14H19NO2. The van der Waals surface area contributed by atoms with Crippen molar-refractivity contribution < 1.29 is 9.90 Å². The Morgan fingerprint density at radius 2 is 1.94 bits per heavy atom. The van der Waals surface area contributed by atoms with Crippen molar-refractivity contribution in [2.75, 3.05) is 19.0 Å². The number of carboxylic acids is 1. The predicted molar refractivity (Wildman–Crippen MR) is 68.3 cm³/mol. The minimum Gasteiger partial charge on any atom is -0.481 e. The molecule has 0 amide bonds. The van der Waals surface area contributed by atoms with Gasteiger partial charge in [0.2, 0.25) is 0 Å². The standard InChI is InChI=1S/C14H19NO2/c1-15(2)12-7-3-10(4-8-12)9-13(14(16)17)11-5-6-11/h3-4,7-8,11,13H,5-6,9H2,1-2H3,(H,16,17). The van der Waals surface area contributed by atoms with Gasteiger partial charge in [-0.25, -0.2) is 0 Å². The third-order valence-electron chi connectivity index (χ3n) is 3.42. The van der Waals surface area contributed by atoms with E-state index in [2.05, 4.69) is 0 Å². The molecule has 1 atom stereocenters. The molecule has 0 aliphatic heterocycles. The minimum atomic E-state index is -0.649. The number of nitrogens with zero attached hydrogens (tertiary/aromatic N) is 1. The molecule has 0 heterocycles. The van der Waals surface area contributed by atoms with Crippen LogP contribution in [0.1, 0.15) is 18.4 Å². The maximum absolute atomic E-state index is 11.2. The number of rotatable bonds is 5. The summed E-state index contributed by atoms with van der Waals surface area (Å²) in [6, 6.07) is 8.16. The first-order valence-electron chi connectivity index (χ1n) is 6.07. The molecule has 1 aromatic carbocycles. The highest BCUT2D eigenvalue weighted by Crippen LogP contribution is 2.38. The molecule has 3 nitrogen and oxygen atoms in total. The minimum absolute atomic E-state index is 0.194. The van der Waals surface area contributed by atoms with Crippen LogP contribution in [0.25, 0.3) is 0 Å². The van der Waals surface area contributed by atoms with E-state index in [1.165, 1.54) is 0 Å². The summed E-state index contributed by atoms with van der Waals surface area (Å²) < 4.78 is 0. The molecular weight excluding hydrogens is 214 g/mol. The average Bonchev–Trinajstić information content (AvgIpc) is 3.10. The summed E-state index contributed by atoms with van der Waals surface area (Å²) in [5, 5.41) is 9.18. The van der Waals surface area contributed by atoms with Gasteiger partial charge >= 0.3 is 5.97 Å². The van der Waals surface area contributed by atoms with Crippen molar-refractivity contribution in [2.24, 2.45) is 11.8 Å². The van der Waals surface area contributed by atoms with E-state index in [9.17, 15) is 9.90 Å². The van der Waals surface area contributed by atoms with E-state index in [4.69, 9.17) is 0 Å². The van der Waals surface area contributed by atoms with Gasteiger partial charge in [0.15, 0.2) is 0 Å². The van der Waals surface area contributed by atoms with Crippen molar-refractivity contribution in [1.29, 1.82) is 0 Å². The summed E-state index contributed by atoms with van der Waals surface area (Å²) in [4.78, 5) is 13.2. The summed E-state index contributed by atoms with van der Waals surface area (Å²) in [6.07, 6.45) is 2.81. The Bertz CT molecular complexity index is 393. The van der Waals surface area contributed by atoms with Gasteiger partial charge in [-0.05, 0) is 42.9 Å². The Kier molecular flexibility index (Phi) is 3.36. The second kappa shape index (κ2) is 4.78. The quantitative estimate of drug-likeness (QED) is 0.849. The van der Waals surface area contributed by atoms with Gasteiger partial charge in [-0.15, -0.1) is 0 Å². The van der Waals surface area contributed by atoms with Crippen LogP contribution in [0.2, 0.25) is 0 Å². The molecule has 1 unspecified atom stereocenters. The Hall–Kier alpha value is -1.51. The molecule has 2 rings (SSSR count). The van der Waals surface area contributed by atoms with Crippen molar-refractivity contribution in [3.05, 3.63) is 29.8 Å². The second-order valence-corrected chi connectivity index (χ2v) is 5.05. The highest BCUT2D eigenvalue weighted by atomic mass is 16.4. The highest BCUT2D eigenvalue weighted by molar-refractivity contribution is 5.71. The SMILES string of the molecule is CN(C)c1ccc(CC(C(=O)O)C2CC2)cc1. The molecule has 1 fully saturated rings. The molecule has 1 N–H and O–H groups in total. The van der Waals surface area contributed by atoms with Crippen LogP contribution < -0.4 is 4.90 Å². The molecule has 1 aliphatic carbocycles. The van der Waals surface area contributed by atoms with Crippen molar-refractivity contribution >= 4 is 11.7 Å².